The van der Waals surface area contributed by atoms with Crippen LogP contribution in [0.1, 0.15) is 22.3 Å². The molecule has 0 radical (unpaired) electrons. The van der Waals surface area contributed by atoms with Gasteiger partial charge in [-0.15, -0.1) is 11.6 Å². The maximum atomic E-state index is 5.94. The van der Waals surface area contributed by atoms with Crippen molar-refractivity contribution in [2.75, 3.05) is 13.0 Å². The van der Waals surface area contributed by atoms with E-state index in [1.165, 1.54) is 11.1 Å². The fourth-order valence-corrected chi connectivity index (χ4v) is 2.46. The standard InChI is InChI=1S/C18H21ClO2/c1-13-11-18(14(2)10-16(13)8-9-19)21-12-15-4-6-17(20-3)7-5-15/h4-7,10-11H,8-9,12H2,1-3H3. The minimum absolute atomic E-state index is 0.555. The van der Waals surface area contributed by atoms with Crippen LogP contribution in [0.25, 0.3) is 0 Å². The van der Waals surface area contributed by atoms with Crippen molar-refractivity contribution >= 4 is 11.6 Å². The first-order valence-electron chi connectivity index (χ1n) is 7.06. The third-order valence-corrected chi connectivity index (χ3v) is 3.74. The molecule has 2 nitrogen and oxygen atoms in total. The number of benzene rings is 2. The second kappa shape index (κ2) is 7.37. The number of halogens is 1. The van der Waals surface area contributed by atoms with E-state index in [4.69, 9.17) is 21.1 Å². The van der Waals surface area contributed by atoms with Gasteiger partial charge in [-0.25, -0.2) is 0 Å². The van der Waals surface area contributed by atoms with Crippen LogP contribution in [0.4, 0.5) is 0 Å². The lowest BCUT2D eigenvalue weighted by Crippen LogP contribution is -2.00. The average molecular weight is 305 g/mol. The summed E-state index contributed by atoms with van der Waals surface area (Å²) in [5, 5.41) is 0. The van der Waals surface area contributed by atoms with Gasteiger partial charge in [0, 0.05) is 5.88 Å². The Bertz CT molecular complexity index is 591. The topological polar surface area (TPSA) is 18.5 Å². The van der Waals surface area contributed by atoms with Crippen molar-refractivity contribution in [3.05, 3.63) is 58.7 Å². The van der Waals surface area contributed by atoms with Crippen LogP contribution >= 0.6 is 11.6 Å². The second-order valence-electron chi connectivity index (χ2n) is 5.12. The van der Waals surface area contributed by atoms with Gasteiger partial charge >= 0.3 is 0 Å². The zero-order chi connectivity index (χ0) is 15.2. The van der Waals surface area contributed by atoms with Crippen molar-refractivity contribution in [3.8, 4) is 11.5 Å². The van der Waals surface area contributed by atoms with Crippen LogP contribution in [0, 0.1) is 13.8 Å². The lowest BCUT2D eigenvalue weighted by Gasteiger charge is -2.13. The molecule has 0 aliphatic carbocycles. The van der Waals surface area contributed by atoms with Gasteiger partial charge in [-0.1, -0.05) is 18.2 Å². The van der Waals surface area contributed by atoms with Crippen LogP contribution in [-0.4, -0.2) is 13.0 Å². The van der Waals surface area contributed by atoms with Gasteiger partial charge in [0.2, 0.25) is 0 Å². The normalized spacial score (nSPS) is 10.5. The molecule has 0 saturated heterocycles. The van der Waals surface area contributed by atoms with Crippen molar-refractivity contribution in [2.24, 2.45) is 0 Å². The number of hydrogen-bond donors (Lipinski definition) is 0. The van der Waals surface area contributed by atoms with Crippen LogP contribution < -0.4 is 9.47 Å². The Kier molecular flexibility index (Phi) is 5.51. The molecular formula is C18H21ClO2. The van der Waals surface area contributed by atoms with Crippen molar-refractivity contribution < 1.29 is 9.47 Å². The zero-order valence-electron chi connectivity index (χ0n) is 12.8. The van der Waals surface area contributed by atoms with Gasteiger partial charge in [0.05, 0.1) is 7.11 Å². The molecule has 0 unspecified atom stereocenters. The highest BCUT2D eigenvalue weighted by atomic mass is 35.5. The van der Waals surface area contributed by atoms with Crippen LogP contribution in [0.5, 0.6) is 11.5 Å². The summed E-state index contributed by atoms with van der Waals surface area (Å²) >= 11 is 5.82. The molecule has 0 aromatic heterocycles. The summed E-state index contributed by atoms with van der Waals surface area (Å²) in [4.78, 5) is 0. The lowest BCUT2D eigenvalue weighted by molar-refractivity contribution is 0.303. The van der Waals surface area contributed by atoms with Gasteiger partial charge in [-0.2, -0.15) is 0 Å². The average Bonchev–Trinajstić information content (AvgIpc) is 2.50. The molecule has 0 atom stereocenters. The fraction of sp³-hybridized carbons (Fsp3) is 0.333. The number of hydrogen-bond acceptors (Lipinski definition) is 2. The quantitative estimate of drug-likeness (QED) is 0.722. The molecule has 2 aromatic carbocycles. The van der Waals surface area contributed by atoms with Crippen molar-refractivity contribution in [2.45, 2.75) is 26.9 Å². The molecule has 0 aliphatic rings. The molecule has 3 heteroatoms. The highest BCUT2D eigenvalue weighted by Crippen LogP contribution is 2.24. The van der Waals surface area contributed by atoms with Gasteiger partial charge in [-0.3, -0.25) is 0 Å². The zero-order valence-corrected chi connectivity index (χ0v) is 13.5. The Morgan fingerprint density at radius 2 is 1.71 bits per heavy atom. The van der Waals surface area contributed by atoms with E-state index < -0.39 is 0 Å². The number of methoxy groups -OCH3 is 1. The molecule has 112 valence electrons. The maximum absolute atomic E-state index is 5.94. The van der Waals surface area contributed by atoms with Gasteiger partial charge in [0.1, 0.15) is 18.1 Å². The Morgan fingerprint density at radius 3 is 2.33 bits per heavy atom. The molecule has 0 fully saturated rings. The molecule has 0 bridgehead atoms. The molecule has 0 N–H and O–H groups in total. The van der Waals surface area contributed by atoms with Gasteiger partial charge in [0.15, 0.2) is 0 Å². The Balaban J connectivity index is 2.07. The van der Waals surface area contributed by atoms with Crippen molar-refractivity contribution in [3.63, 3.8) is 0 Å². The first-order valence-corrected chi connectivity index (χ1v) is 7.59. The molecule has 0 heterocycles. The summed E-state index contributed by atoms with van der Waals surface area (Å²) in [5.41, 5.74) is 4.79. The second-order valence-corrected chi connectivity index (χ2v) is 5.50. The van der Waals surface area contributed by atoms with Crippen molar-refractivity contribution in [1.82, 2.24) is 0 Å². The maximum Gasteiger partial charge on any atom is 0.122 e. The number of ether oxygens (including phenoxy) is 2. The van der Waals surface area contributed by atoms with Crippen LogP contribution in [0.15, 0.2) is 36.4 Å². The summed E-state index contributed by atoms with van der Waals surface area (Å²) < 4.78 is 11.1. The third-order valence-electron chi connectivity index (χ3n) is 3.55. The number of alkyl halides is 1. The molecule has 2 aromatic rings. The van der Waals surface area contributed by atoms with Crippen LogP contribution in [-0.2, 0) is 13.0 Å². The van der Waals surface area contributed by atoms with E-state index in [1.807, 2.05) is 24.3 Å². The summed E-state index contributed by atoms with van der Waals surface area (Å²) in [5.74, 6) is 2.43. The van der Waals surface area contributed by atoms with Gasteiger partial charge in [-0.05, 0) is 60.7 Å². The van der Waals surface area contributed by atoms with E-state index in [2.05, 4.69) is 26.0 Å². The smallest absolute Gasteiger partial charge is 0.122 e. The highest BCUT2D eigenvalue weighted by molar-refractivity contribution is 6.18. The van der Waals surface area contributed by atoms with Crippen molar-refractivity contribution in [1.29, 1.82) is 0 Å². The Hall–Kier alpha value is -1.67. The van der Waals surface area contributed by atoms with E-state index in [0.717, 1.165) is 29.0 Å². The summed E-state index contributed by atoms with van der Waals surface area (Å²) in [6.07, 6.45) is 0.896. The van der Waals surface area contributed by atoms with E-state index in [1.54, 1.807) is 7.11 Å². The van der Waals surface area contributed by atoms with Gasteiger partial charge < -0.3 is 9.47 Å². The van der Waals surface area contributed by atoms with E-state index in [0.29, 0.717) is 12.5 Å². The van der Waals surface area contributed by atoms with E-state index >= 15 is 0 Å². The molecular weight excluding hydrogens is 284 g/mol. The predicted molar refractivity (Wildman–Crippen MR) is 87.7 cm³/mol. The first kappa shape index (κ1) is 15.7. The molecule has 0 saturated carbocycles. The third kappa shape index (κ3) is 4.15. The SMILES string of the molecule is COc1ccc(COc2cc(C)c(CCCl)cc2C)cc1. The summed E-state index contributed by atoms with van der Waals surface area (Å²) in [6.45, 7) is 4.72. The first-order chi connectivity index (χ1) is 10.1. The Morgan fingerprint density at radius 1 is 1.00 bits per heavy atom. The monoisotopic (exact) mass is 304 g/mol. The fourth-order valence-electron chi connectivity index (χ4n) is 2.26. The molecule has 0 spiro atoms. The van der Waals surface area contributed by atoms with Crippen LogP contribution in [0.2, 0.25) is 0 Å². The summed E-state index contributed by atoms with van der Waals surface area (Å²) in [6, 6.07) is 12.2. The molecule has 2 rings (SSSR count). The van der Waals surface area contributed by atoms with E-state index in [-0.39, 0.29) is 0 Å². The van der Waals surface area contributed by atoms with Gasteiger partial charge in [0.25, 0.3) is 0 Å². The number of aryl methyl sites for hydroxylation is 3. The largest absolute Gasteiger partial charge is 0.497 e. The lowest BCUT2D eigenvalue weighted by atomic mass is 10.0. The predicted octanol–water partition coefficient (Wildman–Crippen LogP) is 4.67. The number of rotatable bonds is 6. The van der Waals surface area contributed by atoms with Crippen LogP contribution in [0.3, 0.4) is 0 Å². The molecule has 0 amide bonds. The summed E-state index contributed by atoms with van der Waals surface area (Å²) in [7, 11) is 1.67. The highest BCUT2D eigenvalue weighted by Gasteiger charge is 2.06. The Labute approximate surface area is 131 Å². The minimum atomic E-state index is 0.555. The van der Waals surface area contributed by atoms with E-state index in [9.17, 15) is 0 Å². The molecule has 21 heavy (non-hydrogen) atoms. The molecule has 0 aliphatic heterocycles. The minimum Gasteiger partial charge on any atom is -0.497 e.